The number of anilines is 3. The van der Waals surface area contributed by atoms with Gasteiger partial charge in [0.15, 0.2) is 0 Å². The number of amides is 4. The average molecular weight is 481 g/mol. The zero-order valence-corrected chi connectivity index (χ0v) is 18.9. The molecule has 11 heteroatoms. The van der Waals surface area contributed by atoms with Crippen LogP contribution in [-0.2, 0) is 0 Å². The molecule has 0 aliphatic heterocycles. The second-order valence-corrected chi connectivity index (χ2v) is 7.33. The number of rotatable bonds is 9. The van der Waals surface area contributed by atoms with Crippen molar-refractivity contribution in [2.75, 3.05) is 35.7 Å². The topological polar surface area (TPSA) is 126 Å². The van der Waals surface area contributed by atoms with Crippen LogP contribution in [-0.4, -0.2) is 37.2 Å². The molecule has 0 saturated carbocycles. The Kier molecular flexibility index (Phi) is 8.54. The third-order valence-electron chi connectivity index (χ3n) is 4.88. The number of halogens is 1. The molecule has 0 aliphatic rings. The minimum Gasteiger partial charge on any atom is -0.497 e. The second-order valence-electron chi connectivity index (χ2n) is 7.33. The number of nitro groups is 1. The van der Waals surface area contributed by atoms with Gasteiger partial charge in [-0.3, -0.25) is 15.0 Å². The summed E-state index contributed by atoms with van der Waals surface area (Å²) in [6.45, 7) is 0.474. The van der Waals surface area contributed by atoms with E-state index >= 15 is 0 Å². The van der Waals surface area contributed by atoms with E-state index in [0.29, 0.717) is 29.2 Å². The van der Waals surface area contributed by atoms with Crippen LogP contribution < -0.4 is 25.6 Å². The molecular formula is C24H24FN5O5. The predicted octanol–water partition coefficient (Wildman–Crippen LogP) is 4.99. The number of hydrogen-bond acceptors (Lipinski definition) is 5. The van der Waals surface area contributed by atoms with Gasteiger partial charge in [-0.15, -0.1) is 0 Å². The molecule has 0 aromatic heterocycles. The molecule has 3 aromatic carbocycles. The third-order valence-corrected chi connectivity index (χ3v) is 4.88. The zero-order valence-electron chi connectivity index (χ0n) is 18.9. The van der Waals surface area contributed by atoms with Gasteiger partial charge >= 0.3 is 12.1 Å². The standard InChI is InChI=1S/C24H24FN5O5/c1-35-22-5-2-4-19(16-22)27-23(31)26-14-3-15-29(20-10-6-17(25)7-11-20)24(32)28-18-8-12-21(13-9-18)30(33)34/h2,4-13,16H,3,14-15H2,1H3,(H,28,32)(H2,26,27,31). The molecule has 0 fully saturated rings. The van der Waals surface area contributed by atoms with Gasteiger partial charge in [0.05, 0.1) is 12.0 Å². The predicted molar refractivity (Wildman–Crippen MR) is 130 cm³/mol. The number of urea groups is 2. The van der Waals surface area contributed by atoms with Gasteiger partial charge in [-0.25, -0.2) is 14.0 Å². The van der Waals surface area contributed by atoms with E-state index in [1.807, 2.05) is 0 Å². The number of nitrogens with one attached hydrogen (secondary N) is 3. The maximum atomic E-state index is 13.4. The van der Waals surface area contributed by atoms with Crippen LogP contribution in [0.15, 0.2) is 72.8 Å². The van der Waals surface area contributed by atoms with Crippen molar-refractivity contribution in [1.82, 2.24) is 5.32 Å². The molecule has 0 aliphatic carbocycles. The van der Waals surface area contributed by atoms with E-state index in [1.54, 1.807) is 24.3 Å². The number of hydrogen-bond donors (Lipinski definition) is 3. The Balaban J connectivity index is 1.58. The molecule has 0 heterocycles. The fourth-order valence-electron chi connectivity index (χ4n) is 3.14. The average Bonchev–Trinajstić information content (AvgIpc) is 2.85. The van der Waals surface area contributed by atoms with Crippen LogP contribution in [0, 0.1) is 15.9 Å². The van der Waals surface area contributed by atoms with E-state index in [1.165, 1.54) is 60.5 Å². The highest BCUT2D eigenvalue weighted by atomic mass is 19.1. The van der Waals surface area contributed by atoms with Crippen LogP contribution in [0.4, 0.5) is 36.7 Å². The molecule has 0 unspecified atom stereocenters. The van der Waals surface area contributed by atoms with Crippen LogP contribution in [0.5, 0.6) is 5.75 Å². The molecule has 0 radical (unpaired) electrons. The van der Waals surface area contributed by atoms with E-state index in [2.05, 4.69) is 16.0 Å². The molecule has 0 atom stereocenters. The zero-order chi connectivity index (χ0) is 25.2. The van der Waals surface area contributed by atoms with Crippen molar-refractivity contribution in [2.45, 2.75) is 6.42 Å². The molecule has 0 spiro atoms. The Morgan fingerprint density at radius 1 is 1.00 bits per heavy atom. The summed E-state index contributed by atoms with van der Waals surface area (Å²) in [4.78, 5) is 36.8. The summed E-state index contributed by atoms with van der Waals surface area (Å²) >= 11 is 0. The van der Waals surface area contributed by atoms with Gasteiger partial charge in [0.25, 0.3) is 5.69 Å². The number of nitrogens with zero attached hydrogens (tertiary/aromatic N) is 2. The Morgan fingerprint density at radius 2 is 1.71 bits per heavy atom. The number of benzene rings is 3. The van der Waals surface area contributed by atoms with Crippen molar-refractivity contribution >= 4 is 34.8 Å². The molecule has 0 bridgehead atoms. The highest BCUT2D eigenvalue weighted by molar-refractivity contribution is 6.01. The molecule has 35 heavy (non-hydrogen) atoms. The summed E-state index contributed by atoms with van der Waals surface area (Å²) in [5, 5.41) is 18.9. The maximum absolute atomic E-state index is 13.4. The van der Waals surface area contributed by atoms with E-state index < -0.39 is 22.8 Å². The highest BCUT2D eigenvalue weighted by Crippen LogP contribution is 2.20. The first kappa shape index (κ1) is 25.0. The number of nitro benzene ring substituents is 1. The van der Waals surface area contributed by atoms with Crippen molar-refractivity contribution in [1.29, 1.82) is 0 Å². The van der Waals surface area contributed by atoms with Crippen LogP contribution >= 0.6 is 0 Å². The third kappa shape index (κ3) is 7.42. The van der Waals surface area contributed by atoms with Gasteiger partial charge < -0.3 is 20.7 Å². The van der Waals surface area contributed by atoms with Crippen molar-refractivity contribution < 1.29 is 23.6 Å². The molecule has 4 amide bonds. The monoisotopic (exact) mass is 481 g/mol. The van der Waals surface area contributed by atoms with Gasteiger partial charge in [0.1, 0.15) is 11.6 Å². The first-order valence-corrected chi connectivity index (χ1v) is 10.6. The van der Waals surface area contributed by atoms with E-state index in [4.69, 9.17) is 4.74 Å². The first-order valence-electron chi connectivity index (χ1n) is 10.6. The van der Waals surface area contributed by atoms with Gasteiger partial charge in [-0.05, 0) is 55.0 Å². The van der Waals surface area contributed by atoms with Crippen molar-refractivity contribution in [2.24, 2.45) is 0 Å². The summed E-state index contributed by atoms with van der Waals surface area (Å²) in [6.07, 6.45) is 0.399. The van der Waals surface area contributed by atoms with Crippen molar-refractivity contribution in [3.63, 3.8) is 0 Å². The van der Waals surface area contributed by atoms with E-state index in [0.717, 1.165) is 0 Å². The lowest BCUT2D eigenvalue weighted by molar-refractivity contribution is -0.384. The lowest BCUT2D eigenvalue weighted by Crippen LogP contribution is -2.38. The van der Waals surface area contributed by atoms with Gasteiger partial charge in [-0.1, -0.05) is 6.07 Å². The van der Waals surface area contributed by atoms with Crippen LogP contribution in [0.25, 0.3) is 0 Å². The van der Waals surface area contributed by atoms with Crippen LogP contribution in [0.3, 0.4) is 0 Å². The first-order chi connectivity index (χ1) is 16.9. The molecule has 182 valence electrons. The molecule has 3 aromatic rings. The lowest BCUT2D eigenvalue weighted by Gasteiger charge is -2.23. The number of carbonyl (C=O) groups is 2. The summed E-state index contributed by atoms with van der Waals surface area (Å²) < 4.78 is 18.5. The molecule has 10 nitrogen and oxygen atoms in total. The van der Waals surface area contributed by atoms with Crippen molar-refractivity contribution in [3.05, 3.63) is 88.7 Å². The van der Waals surface area contributed by atoms with Crippen LogP contribution in [0.1, 0.15) is 6.42 Å². The number of carbonyl (C=O) groups excluding carboxylic acids is 2. The fraction of sp³-hybridized carbons (Fsp3) is 0.167. The minimum absolute atomic E-state index is 0.100. The van der Waals surface area contributed by atoms with E-state index in [-0.39, 0.29) is 18.8 Å². The summed E-state index contributed by atoms with van der Waals surface area (Å²) in [5.74, 6) is 0.164. The minimum atomic E-state index is -0.534. The summed E-state index contributed by atoms with van der Waals surface area (Å²) in [5.41, 5.74) is 1.28. The quantitative estimate of drug-likeness (QED) is 0.225. The smallest absolute Gasteiger partial charge is 0.326 e. The summed E-state index contributed by atoms with van der Waals surface area (Å²) in [7, 11) is 1.53. The largest absolute Gasteiger partial charge is 0.497 e. The van der Waals surface area contributed by atoms with Gasteiger partial charge in [0, 0.05) is 48.4 Å². The summed E-state index contributed by atoms with van der Waals surface area (Å²) in [6, 6.07) is 16.8. The normalized spacial score (nSPS) is 10.2. The number of non-ortho nitro benzene ring substituents is 1. The highest BCUT2D eigenvalue weighted by Gasteiger charge is 2.17. The molecular weight excluding hydrogens is 457 g/mol. The van der Waals surface area contributed by atoms with Gasteiger partial charge in [-0.2, -0.15) is 0 Å². The van der Waals surface area contributed by atoms with Gasteiger partial charge in [0.2, 0.25) is 0 Å². The SMILES string of the molecule is COc1cccc(NC(=O)NCCCN(C(=O)Nc2ccc([N+](=O)[O-])cc2)c2ccc(F)cc2)c1. The molecule has 3 N–H and O–H groups in total. The molecule has 3 rings (SSSR count). The Morgan fingerprint density at radius 3 is 2.37 bits per heavy atom. The lowest BCUT2D eigenvalue weighted by atomic mass is 10.2. The number of methoxy groups -OCH3 is 1. The van der Waals surface area contributed by atoms with Crippen LogP contribution in [0.2, 0.25) is 0 Å². The Labute approximate surface area is 200 Å². The molecule has 0 saturated heterocycles. The fourth-order valence-corrected chi connectivity index (χ4v) is 3.14. The second kappa shape index (κ2) is 12.0. The number of ether oxygens (including phenoxy) is 1. The Bertz CT molecular complexity index is 1170. The Hall–Kier alpha value is -4.67. The maximum Gasteiger partial charge on any atom is 0.326 e. The van der Waals surface area contributed by atoms with E-state index in [9.17, 15) is 24.1 Å². The van der Waals surface area contributed by atoms with Crippen molar-refractivity contribution in [3.8, 4) is 5.75 Å².